The van der Waals surface area contributed by atoms with Crippen LogP contribution < -0.4 is 0 Å². The molecule has 96 valence electrons. The van der Waals surface area contributed by atoms with Crippen LogP contribution in [0.15, 0.2) is 34.9 Å². The molecule has 0 amide bonds. The summed E-state index contributed by atoms with van der Waals surface area (Å²) in [6.45, 7) is 0. The molecule has 0 radical (unpaired) electrons. The van der Waals surface area contributed by atoms with Crippen LogP contribution in [0.1, 0.15) is 0 Å². The van der Waals surface area contributed by atoms with Crippen LogP contribution in [0.4, 0.5) is 0 Å². The van der Waals surface area contributed by atoms with Crippen molar-refractivity contribution < 1.29 is 9.52 Å². The van der Waals surface area contributed by atoms with Gasteiger partial charge in [-0.3, -0.25) is 0 Å². The van der Waals surface area contributed by atoms with Gasteiger partial charge in [-0.25, -0.2) is 9.78 Å². The third-order valence-corrected chi connectivity index (χ3v) is 2.85. The molecule has 2 heterocycles. The molecule has 1 aromatic carbocycles. The van der Waals surface area contributed by atoms with Gasteiger partial charge in [-0.2, -0.15) is 5.10 Å². The molecule has 0 saturated heterocycles. The number of aromatic amines is 1. The summed E-state index contributed by atoms with van der Waals surface area (Å²) < 4.78 is 6.60. The van der Waals surface area contributed by atoms with Gasteiger partial charge in [0.2, 0.25) is 0 Å². The summed E-state index contributed by atoms with van der Waals surface area (Å²) in [4.78, 5) is 0.121. The molecule has 0 aliphatic carbocycles. The van der Waals surface area contributed by atoms with E-state index in [0.717, 1.165) is 5.69 Å². The first kappa shape index (κ1) is 11.9. The van der Waals surface area contributed by atoms with E-state index in [0.29, 0.717) is 5.02 Å². The fraction of sp³-hybridized carbons (Fsp3) is 0. The number of aromatic hydroxyl groups is 1. The fourth-order valence-electron chi connectivity index (χ4n) is 1.57. The van der Waals surface area contributed by atoms with Gasteiger partial charge in [0.25, 0.3) is 10.7 Å². The second-order valence-electron chi connectivity index (χ2n) is 3.70. The zero-order chi connectivity index (χ0) is 13.4. The van der Waals surface area contributed by atoms with E-state index in [9.17, 15) is 5.11 Å². The van der Waals surface area contributed by atoms with Gasteiger partial charge < -0.3 is 9.52 Å². The smallest absolute Gasteiger partial charge is 0.284 e. The van der Waals surface area contributed by atoms with Crippen LogP contribution in [-0.4, -0.2) is 25.1 Å². The minimum atomic E-state index is -0.0554. The van der Waals surface area contributed by atoms with Crippen molar-refractivity contribution >= 4 is 23.8 Å². The Morgan fingerprint density at radius 3 is 2.68 bits per heavy atom. The minimum absolute atomic E-state index is 0.0554. The first-order valence-corrected chi connectivity index (χ1v) is 6.02. The maximum absolute atomic E-state index is 9.85. The molecule has 0 aliphatic heterocycles. The van der Waals surface area contributed by atoms with Gasteiger partial charge in [0, 0.05) is 5.02 Å². The van der Waals surface area contributed by atoms with Gasteiger partial charge in [-0.15, -0.1) is 5.10 Å². The molecular weight excluding hydrogens is 288 g/mol. The SMILES string of the molecule is Oc1cn(-c2ccc(Cl)cc2)nc1-c1n[nH]c(=S)o1. The molecule has 3 aromatic rings. The van der Waals surface area contributed by atoms with E-state index in [1.54, 1.807) is 24.3 Å². The number of aromatic nitrogens is 4. The number of nitrogens with zero attached hydrogens (tertiary/aromatic N) is 3. The molecule has 0 bridgehead atoms. The summed E-state index contributed by atoms with van der Waals surface area (Å²) in [5.41, 5.74) is 0.961. The average molecular weight is 295 g/mol. The Morgan fingerprint density at radius 2 is 2.05 bits per heavy atom. The van der Waals surface area contributed by atoms with Crippen molar-refractivity contribution in [2.24, 2.45) is 0 Å². The molecule has 0 fully saturated rings. The van der Waals surface area contributed by atoms with E-state index in [4.69, 9.17) is 28.2 Å². The lowest BCUT2D eigenvalue weighted by atomic mass is 10.3. The van der Waals surface area contributed by atoms with Crippen LogP contribution in [0, 0.1) is 4.84 Å². The van der Waals surface area contributed by atoms with E-state index in [1.807, 2.05) is 0 Å². The van der Waals surface area contributed by atoms with Crippen molar-refractivity contribution in [3.63, 3.8) is 0 Å². The van der Waals surface area contributed by atoms with Crippen molar-refractivity contribution in [2.45, 2.75) is 0 Å². The number of rotatable bonds is 2. The molecule has 0 aliphatic rings. The molecular formula is C11H7ClN4O2S. The number of H-pyrrole nitrogens is 1. The van der Waals surface area contributed by atoms with Crippen LogP contribution >= 0.6 is 23.8 Å². The first-order valence-electron chi connectivity index (χ1n) is 5.24. The molecule has 0 atom stereocenters. The third kappa shape index (κ3) is 2.25. The molecule has 0 saturated carbocycles. The second kappa shape index (κ2) is 4.52. The molecule has 0 spiro atoms. The highest BCUT2D eigenvalue weighted by Crippen LogP contribution is 2.27. The zero-order valence-corrected chi connectivity index (χ0v) is 10.9. The first-order chi connectivity index (χ1) is 9.13. The second-order valence-corrected chi connectivity index (χ2v) is 4.51. The van der Waals surface area contributed by atoms with Crippen molar-refractivity contribution in [1.29, 1.82) is 0 Å². The maximum atomic E-state index is 9.85. The van der Waals surface area contributed by atoms with Crippen molar-refractivity contribution in [3.8, 4) is 23.0 Å². The zero-order valence-electron chi connectivity index (χ0n) is 9.37. The molecule has 2 aromatic heterocycles. The van der Waals surface area contributed by atoms with Gasteiger partial charge in [-0.05, 0) is 36.5 Å². The van der Waals surface area contributed by atoms with Gasteiger partial charge in [0.05, 0.1) is 11.9 Å². The monoisotopic (exact) mass is 294 g/mol. The van der Waals surface area contributed by atoms with Gasteiger partial charge >= 0.3 is 0 Å². The molecule has 19 heavy (non-hydrogen) atoms. The Balaban J connectivity index is 2.06. The summed E-state index contributed by atoms with van der Waals surface area (Å²) in [6, 6.07) is 7.02. The van der Waals surface area contributed by atoms with E-state index >= 15 is 0 Å². The molecule has 8 heteroatoms. The highest BCUT2D eigenvalue weighted by atomic mass is 35.5. The van der Waals surface area contributed by atoms with Crippen molar-refractivity contribution in [1.82, 2.24) is 20.0 Å². The topological polar surface area (TPSA) is 79.9 Å². The van der Waals surface area contributed by atoms with Crippen LogP contribution in [0.2, 0.25) is 5.02 Å². The average Bonchev–Trinajstić information content (AvgIpc) is 2.96. The van der Waals surface area contributed by atoms with Gasteiger partial charge in [-0.1, -0.05) is 11.6 Å². The number of nitrogens with one attached hydrogen (secondary N) is 1. The van der Waals surface area contributed by atoms with Crippen molar-refractivity contribution in [2.75, 3.05) is 0 Å². The van der Waals surface area contributed by atoms with E-state index in [-0.39, 0.29) is 22.2 Å². The molecule has 0 unspecified atom stereocenters. The normalized spacial score (nSPS) is 10.8. The Hall–Kier alpha value is -2.12. The van der Waals surface area contributed by atoms with Crippen LogP contribution in [0.3, 0.4) is 0 Å². The van der Waals surface area contributed by atoms with E-state index < -0.39 is 0 Å². The highest BCUT2D eigenvalue weighted by Gasteiger charge is 2.15. The lowest BCUT2D eigenvalue weighted by Gasteiger charge is -1.99. The lowest BCUT2D eigenvalue weighted by molar-refractivity contribution is 0.472. The third-order valence-electron chi connectivity index (χ3n) is 2.43. The summed E-state index contributed by atoms with van der Waals surface area (Å²) in [5, 5.41) is 21.0. The lowest BCUT2D eigenvalue weighted by Crippen LogP contribution is -1.94. The number of halogens is 1. The van der Waals surface area contributed by atoms with Crippen LogP contribution in [0.5, 0.6) is 5.75 Å². The van der Waals surface area contributed by atoms with E-state index in [1.165, 1.54) is 10.9 Å². The number of hydrogen-bond acceptors (Lipinski definition) is 5. The van der Waals surface area contributed by atoms with Crippen molar-refractivity contribution in [3.05, 3.63) is 40.3 Å². The van der Waals surface area contributed by atoms with Gasteiger partial charge in [0.15, 0.2) is 11.4 Å². The number of benzene rings is 1. The maximum Gasteiger partial charge on any atom is 0.284 e. The quantitative estimate of drug-likeness (QED) is 0.710. The fourth-order valence-corrected chi connectivity index (χ4v) is 1.82. The highest BCUT2D eigenvalue weighted by molar-refractivity contribution is 7.71. The summed E-state index contributed by atoms with van der Waals surface area (Å²) in [7, 11) is 0. The summed E-state index contributed by atoms with van der Waals surface area (Å²) in [6.07, 6.45) is 1.45. The number of hydrogen-bond donors (Lipinski definition) is 2. The van der Waals surface area contributed by atoms with Gasteiger partial charge in [0.1, 0.15) is 0 Å². The van der Waals surface area contributed by atoms with E-state index in [2.05, 4.69) is 15.3 Å². The largest absolute Gasteiger partial charge is 0.504 e. The predicted octanol–water partition coefficient (Wildman–Crippen LogP) is 2.94. The molecule has 2 N–H and O–H groups in total. The summed E-state index contributed by atoms with van der Waals surface area (Å²) in [5.74, 6) is 0.0791. The molecule has 3 rings (SSSR count). The standard InChI is InChI=1S/C11H7ClN4O2S/c12-6-1-3-7(4-2-6)16-5-8(17)9(15-16)10-13-14-11(19)18-10/h1-5,17H,(H,14,19). The molecule has 6 nitrogen and oxygen atoms in total. The Labute approximate surface area is 117 Å². The minimum Gasteiger partial charge on any atom is -0.504 e. The Kier molecular flexibility index (Phi) is 2.84. The predicted molar refractivity (Wildman–Crippen MR) is 70.9 cm³/mol. The van der Waals surface area contributed by atoms with Crippen LogP contribution in [-0.2, 0) is 0 Å². The van der Waals surface area contributed by atoms with Crippen LogP contribution in [0.25, 0.3) is 17.3 Å². The Morgan fingerprint density at radius 1 is 1.32 bits per heavy atom. The summed E-state index contributed by atoms with van der Waals surface area (Å²) >= 11 is 10.6. The Bertz CT molecular complexity index is 775.